The molecular weight excluding hydrogens is 760 g/mol. The SMILES string of the molecule is O=C(CN(C(=O)c1ccccc1Cl)N1C(=O)[C@@H]2C[C@@H](Br)[C@@H](Br)C[C@H]2C1=O)c1ccc(OC(=O)c2ccc(Br)cc2)cc1. The molecule has 1 saturated heterocycles. The number of Topliss-reactive ketones (excluding diaryl/α,β-unsaturated/α-hetero) is 1. The number of halogens is 4. The van der Waals surface area contributed by atoms with E-state index in [0.29, 0.717) is 18.4 Å². The summed E-state index contributed by atoms with van der Waals surface area (Å²) in [4.78, 5) is 66.7. The molecule has 0 radical (unpaired) electrons. The van der Waals surface area contributed by atoms with Crippen molar-refractivity contribution in [2.24, 2.45) is 11.8 Å². The van der Waals surface area contributed by atoms with Crippen molar-refractivity contribution < 1.29 is 28.7 Å². The lowest BCUT2D eigenvalue weighted by atomic mass is 9.81. The van der Waals surface area contributed by atoms with Gasteiger partial charge in [0.25, 0.3) is 17.7 Å². The van der Waals surface area contributed by atoms with Crippen LogP contribution in [0.4, 0.5) is 0 Å². The van der Waals surface area contributed by atoms with Crippen molar-refractivity contribution in [1.82, 2.24) is 10.0 Å². The number of esters is 1. The van der Waals surface area contributed by atoms with E-state index in [0.717, 1.165) is 14.5 Å². The molecule has 42 heavy (non-hydrogen) atoms. The summed E-state index contributed by atoms with van der Waals surface area (Å²) in [5.41, 5.74) is 0.590. The van der Waals surface area contributed by atoms with Crippen LogP contribution in [0.25, 0.3) is 0 Å². The van der Waals surface area contributed by atoms with Crippen molar-refractivity contribution in [3.05, 3.63) is 99.0 Å². The summed E-state index contributed by atoms with van der Waals surface area (Å²) in [6.07, 6.45) is 0.814. The summed E-state index contributed by atoms with van der Waals surface area (Å²) >= 11 is 16.7. The number of alkyl halides is 2. The Morgan fingerprint density at radius 3 is 1.95 bits per heavy atom. The van der Waals surface area contributed by atoms with Crippen molar-refractivity contribution in [3.63, 3.8) is 0 Å². The number of nitrogens with zero attached hydrogens (tertiary/aromatic N) is 2. The van der Waals surface area contributed by atoms with E-state index in [4.69, 9.17) is 16.3 Å². The van der Waals surface area contributed by atoms with E-state index < -0.39 is 47.9 Å². The second-order valence-corrected chi connectivity index (χ2v) is 13.6. The molecule has 3 aromatic rings. The minimum Gasteiger partial charge on any atom is -0.423 e. The maximum Gasteiger partial charge on any atom is 0.343 e. The number of hydrogen-bond donors (Lipinski definition) is 0. The van der Waals surface area contributed by atoms with Crippen molar-refractivity contribution in [2.75, 3.05) is 6.54 Å². The van der Waals surface area contributed by atoms with Crippen LogP contribution < -0.4 is 4.74 Å². The number of hydrogen-bond acceptors (Lipinski definition) is 6. The lowest BCUT2D eigenvalue weighted by molar-refractivity contribution is -0.154. The van der Waals surface area contributed by atoms with Gasteiger partial charge in [-0.25, -0.2) is 9.80 Å². The Balaban J connectivity index is 1.38. The topological polar surface area (TPSA) is 101 Å². The molecule has 1 aliphatic carbocycles. The van der Waals surface area contributed by atoms with E-state index in [2.05, 4.69) is 47.8 Å². The number of ketones is 1. The smallest absolute Gasteiger partial charge is 0.343 e. The molecule has 0 N–H and O–H groups in total. The largest absolute Gasteiger partial charge is 0.423 e. The normalized spacial score (nSPS) is 21.6. The molecule has 1 heterocycles. The van der Waals surface area contributed by atoms with E-state index >= 15 is 0 Å². The maximum atomic E-state index is 13.7. The first-order valence-corrected chi connectivity index (χ1v) is 15.9. The third-order valence-electron chi connectivity index (χ3n) is 7.23. The van der Waals surface area contributed by atoms with Gasteiger partial charge in [0.05, 0.1) is 28.0 Å². The summed E-state index contributed by atoms with van der Waals surface area (Å²) in [6, 6.07) is 18.7. The molecule has 3 amide bonds. The molecule has 3 aromatic carbocycles. The van der Waals surface area contributed by atoms with Crippen molar-refractivity contribution in [3.8, 4) is 5.75 Å². The van der Waals surface area contributed by atoms with Gasteiger partial charge in [-0.1, -0.05) is 71.5 Å². The van der Waals surface area contributed by atoms with Gasteiger partial charge in [0.15, 0.2) is 5.78 Å². The van der Waals surface area contributed by atoms with E-state index in [1.165, 1.54) is 36.4 Å². The highest BCUT2D eigenvalue weighted by Crippen LogP contribution is 2.44. The standard InChI is InChI=1S/C30H22Br3ClN2O6/c31-18-9-5-17(6-10-18)30(41)42-19-11-7-16(8-12-19)26(37)15-35(27(38)20-3-1-2-4-25(20)34)36-28(39)21-13-23(32)24(33)14-22(21)29(36)40/h1-12,21-24H,13-15H2/t21-,22-,23-,24+/m1/s1. The van der Waals surface area contributed by atoms with Crippen LogP contribution in [0.3, 0.4) is 0 Å². The van der Waals surface area contributed by atoms with Crippen molar-refractivity contribution in [2.45, 2.75) is 22.5 Å². The number of rotatable bonds is 7. The van der Waals surface area contributed by atoms with E-state index in [1.807, 2.05) is 0 Å². The Morgan fingerprint density at radius 2 is 1.38 bits per heavy atom. The first kappa shape index (κ1) is 30.6. The Hall–Kier alpha value is -2.86. The highest BCUT2D eigenvalue weighted by Gasteiger charge is 2.54. The lowest BCUT2D eigenvalue weighted by Crippen LogP contribution is -2.52. The van der Waals surface area contributed by atoms with E-state index in [1.54, 1.807) is 36.4 Å². The van der Waals surface area contributed by atoms with Gasteiger partial charge in [0.1, 0.15) is 12.3 Å². The van der Waals surface area contributed by atoms with Gasteiger partial charge in [-0.2, -0.15) is 5.01 Å². The summed E-state index contributed by atoms with van der Waals surface area (Å²) < 4.78 is 6.22. The molecule has 216 valence electrons. The highest BCUT2D eigenvalue weighted by molar-refractivity contribution is 9.12. The molecule has 4 atom stereocenters. The first-order chi connectivity index (χ1) is 20.0. The van der Waals surface area contributed by atoms with Crippen LogP contribution in [0.1, 0.15) is 43.9 Å². The van der Waals surface area contributed by atoms with Crippen LogP contribution in [0.15, 0.2) is 77.3 Å². The van der Waals surface area contributed by atoms with Crippen LogP contribution in [-0.4, -0.2) is 55.7 Å². The van der Waals surface area contributed by atoms with Gasteiger partial charge < -0.3 is 4.74 Å². The molecular formula is C30H22Br3ClN2O6. The quantitative estimate of drug-likeness (QED) is 0.0895. The number of carbonyl (C=O) groups excluding carboxylic acids is 5. The van der Waals surface area contributed by atoms with Gasteiger partial charge in [0, 0.05) is 19.7 Å². The zero-order chi connectivity index (χ0) is 30.1. The van der Waals surface area contributed by atoms with E-state index in [9.17, 15) is 24.0 Å². The summed E-state index contributed by atoms with van der Waals surface area (Å²) in [6.45, 7) is -0.589. The highest BCUT2D eigenvalue weighted by atomic mass is 79.9. The molecule has 2 fully saturated rings. The predicted molar refractivity (Wildman–Crippen MR) is 166 cm³/mol. The Bertz CT molecular complexity index is 1540. The summed E-state index contributed by atoms with van der Waals surface area (Å²) in [5.74, 6) is -3.93. The Labute approximate surface area is 271 Å². The molecule has 12 heteroatoms. The molecule has 1 aliphatic heterocycles. The Morgan fingerprint density at radius 1 is 0.833 bits per heavy atom. The minimum atomic E-state index is -0.750. The fourth-order valence-electron chi connectivity index (χ4n) is 5.01. The van der Waals surface area contributed by atoms with Gasteiger partial charge in [-0.3, -0.25) is 19.2 Å². The Kier molecular flexibility index (Phi) is 9.31. The monoisotopic (exact) mass is 778 g/mol. The van der Waals surface area contributed by atoms with Crippen LogP contribution in [-0.2, 0) is 9.59 Å². The van der Waals surface area contributed by atoms with Gasteiger partial charge in [-0.05, 0) is 73.5 Å². The molecule has 2 aliphatic rings. The molecule has 8 nitrogen and oxygen atoms in total. The number of fused-ring (bicyclic) bond motifs is 1. The third-order valence-corrected chi connectivity index (χ3v) is 10.8. The van der Waals surface area contributed by atoms with Gasteiger partial charge >= 0.3 is 5.97 Å². The second-order valence-electron chi connectivity index (χ2n) is 9.89. The molecule has 0 unspecified atom stereocenters. The number of amides is 3. The molecule has 0 spiro atoms. The van der Waals surface area contributed by atoms with Crippen LogP contribution in [0, 0.1) is 11.8 Å². The zero-order valence-corrected chi connectivity index (χ0v) is 27.2. The molecule has 1 saturated carbocycles. The van der Waals surface area contributed by atoms with Crippen molar-refractivity contribution in [1.29, 1.82) is 0 Å². The third kappa shape index (κ3) is 6.24. The molecule has 0 aromatic heterocycles. The predicted octanol–water partition coefficient (Wildman–Crippen LogP) is 6.48. The minimum absolute atomic E-state index is 0.0267. The first-order valence-electron chi connectivity index (χ1n) is 12.9. The number of imide groups is 1. The van der Waals surface area contributed by atoms with Gasteiger partial charge in [0.2, 0.25) is 0 Å². The number of benzene rings is 3. The van der Waals surface area contributed by atoms with E-state index in [-0.39, 0.29) is 31.6 Å². The average molecular weight is 782 g/mol. The zero-order valence-electron chi connectivity index (χ0n) is 21.7. The second kappa shape index (κ2) is 12.8. The number of carbonyl (C=O) groups is 5. The average Bonchev–Trinajstić information content (AvgIpc) is 3.20. The fraction of sp³-hybridized carbons (Fsp3) is 0.233. The van der Waals surface area contributed by atoms with Gasteiger partial charge in [-0.15, -0.1) is 0 Å². The lowest BCUT2D eigenvalue weighted by Gasteiger charge is -2.30. The maximum absolute atomic E-state index is 13.7. The number of hydrazine groups is 1. The number of ether oxygens (including phenoxy) is 1. The van der Waals surface area contributed by atoms with Crippen LogP contribution >= 0.6 is 59.4 Å². The van der Waals surface area contributed by atoms with Crippen LogP contribution in [0.5, 0.6) is 5.75 Å². The van der Waals surface area contributed by atoms with Crippen molar-refractivity contribution >= 4 is 88.9 Å². The molecule has 0 bridgehead atoms. The summed E-state index contributed by atoms with van der Waals surface area (Å²) in [5, 5.41) is 1.83. The summed E-state index contributed by atoms with van der Waals surface area (Å²) in [7, 11) is 0. The van der Waals surface area contributed by atoms with Crippen LogP contribution in [0.2, 0.25) is 5.02 Å². The molecule has 5 rings (SSSR count). The fourth-order valence-corrected chi connectivity index (χ4v) is 6.73.